The number of carbonyl (C=O) groups excluding carboxylic acids is 2. The van der Waals surface area contributed by atoms with Gasteiger partial charge in [0.25, 0.3) is 5.91 Å². The average Bonchev–Trinajstić information content (AvgIpc) is 2.99. The van der Waals surface area contributed by atoms with Crippen molar-refractivity contribution in [3.63, 3.8) is 0 Å². The molecular weight excluding hydrogens is 430 g/mol. The third kappa shape index (κ3) is 5.09. The van der Waals surface area contributed by atoms with Crippen LogP contribution in [0.1, 0.15) is 33.5 Å². The molecule has 2 aromatic rings. The summed E-state index contributed by atoms with van der Waals surface area (Å²) >= 11 is 0. The van der Waals surface area contributed by atoms with E-state index in [4.69, 9.17) is 0 Å². The molecule has 0 bridgehead atoms. The zero-order valence-electron chi connectivity index (χ0n) is 15.7. The molecule has 2 amide bonds. The van der Waals surface area contributed by atoms with Crippen molar-refractivity contribution in [2.24, 2.45) is 0 Å². The normalized spacial score (nSPS) is 17.2. The van der Waals surface area contributed by atoms with E-state index in [0.29, 0.717) is 12.1 Å². The van der Waals surface area contributed by atoms with Gasteiger partial charge in [0.15, 0.2) is 0 Å². The van der Waals surface area contributed by atoms with Crippen LogP contribution in [0.5, 0.6) is 5.75 Å². The van der Waals surface area contributed by atoms with Crippen LogP contribution < -0.4 is 5.32 Å². The third-order valence-electron chi connectivity index (χ3n) is 4.80. The Bertz CT molecular complexity index is 1000. The number of carbonyl (C=O) groups is 2. The molecule has 1 heterocycles. The summed E-state index contributed by atoms with van der Waals surface area (Å²) in [5.41, 5.74) is -2.76. The predicted octanol–water partition coefficient (Wildman–Crippen LogP) is 3.96. The molecule has 1 saturated heterocycles. The zero-order chi connectivity index (χ0) is 23.0. The van der Waals surface area contributed by atoms with Gasteiger partial charge in [-0.1, -0.05) is 18.2 Å². The molecule has 11 heteroatoms. The maximum Gasteiger partial charge on any atom is 0.416 e. The molecule has 166 valence electrons. The molecule has 1 aliphatic heterocycles. The second-order valence-electron chi connectivity index (χ2n) is 7.03. The number of hydrogen-bond acceptors (Lipinski definition) is 3. The van der Waals surface area contributed by atoms with E-state index in [0.717, 1.165) is 17.0 Å². The Balaban J connectivity index is 1.72. The van der Waals surface area contributed by atoms with Crippen LogP contribution in [0.2, 0.25) is 0 Å². The monoisotopic (exact) mass is 446 g/mol. The Kier molecular flexibility index (Phi) is 5.88. The van der Waals surface area contributed by atoms with E-state index in [1.165, 1.54) is 18.2 Å². The molecule has 5 nitrogen and oxygen atoms in total. The number of alkyl halides is 6. The van der Waals surface area contributed by atoms with Crippen molar-refractivity contribution in [1.29, 1.82) is 0 Å². The van der Waals surface area contributed by atoms with Crippen LogP contribution in [-0.2, 0) is 23.7 Å². The van der Waals surface area contributed by atoms with Gasteiger partial charge in [0, 0.05) is 19.5 Å². The molecule has 0 aromatic heterocycles. The van der Waals surface area contributed by atoms with E-state index < -0.39 is 52.6 Å². The maximum absolute atomic E-state index is 13.1. The van der Waals surface area contributed by atoms with E-state index in [-0.39, 0.29) is 25.1 Å². The van der Waals surface area contributed by atoms with Crippen molar-refractivity contribution >= 4 is 11.8 Å². The smallest absolute Gasteiger partial charge is 0.416 e. The number of nitrogens with one attached hydrogen (secondary N) is 1. The number of phenols is 1. The lowest BCUT2D eigenvalue weighted by atomic mass is 10.1. The van der Waals surface area contributed by atoms with E-state index in [2.05, 4.69) is 5.32 Å². The van der Waals surface area contributed by atoms with Gasteiger partial charge in [-0.2, -0.15) is 26.3 Å². The Morgan fingerprint density at radius 2 is 1.74 bits per heavy atom. The van der Waals surface area contributed by atoms with E-state index in [1.807, 2.05) is 0 Å². The van der Waals surface area contributed by atoms with Crippen LogP contribution in [-0.4, -0.2) is 34.4 Å². The fraction of sp³-hybridized carbons (Fsp3) is 0.300. The lowest BCUT2D eigenvalue weighted by Gasteiger charge is -2.20. The number of benzene rings is 2. The minimum Gasteiger partial charge on any atom is -0.507 e. The van der Waals surface area contributed by atoms with Crippen LogP contribution in [0, 0.1) is 0 Å². The van der Waals surface area contributed by atoms with Gasteiger partial charge in [-0.05, 0) is 29.8 Å². The van der Waals surface area contributed by atoms with Crippen LogP contribution in [0.25, 0.3) is 0 Å². The summed E-state index contributed by atoms with van der Waals surface area (Å²) in [4.78, 5) is 25.7. The van der Waals surface area contributed by atoms with E-state index in [1.54, 1.807) is 0 Å². The number of aromatic hydroxyl groups is 1. The molecule has 1 fully saturated rings. The average molecular weight is 446 g/mol. The van der Waals surface area contributed by atoms with Gasteiger partial charge in [0.1, 0.15) is 5.75 Å². The molecule has 0 spiro atoms. The summed E-state index contributed by atoms with van der Waals surface area (Å²) in [6, 6.07) is 5.76. The van der Waals surface area contributed by atoms with E-state index >= 15 is 0 Å². The van der Waals surface area contributed by atoms with Gasteiger partial charge >= 0.3 is 12.4 Å². The summed E-state index contributed by atoms with van der Waals surface area (Å²) in [5, 5.41) is 12.1. The Morgan fingerprint density at radius 1 is 1.06 bits per heavy atom. The molecule has 31 heavy (non-hydrogen) atoms. The Hall–Kier alpha value is -3.24. The largest absolute Gasteiger partial charge is 0.507 e. The van der Waals surface area contributed by atoms with Gasteiger partial charge in [-0.15, -0.1) is 0 Å². The molecule has 1 atom stereocenters. The number of rotatable bonds is 4. The van der Waals surface area contributed by atoms with Crippen molar-refractivity contribution in [2.75, 3.05) is 6.54 Å². The molecule has 3 rings (SSSR count). The van der Waals surface area contributed by atoms with E-state index in [9.17, 15) is 41.0 Å². The minimum absolute atomic E-state index is 0.120. The van der Waals surface area contributed by atoms with Crippen molar-refractivity contribution in [2.45, 2.75) is 31.4 Å². The highest BCUT2D eigenvalue weighted by Gasteiger charge is 2.36. The fourth-order valence-electron chi connectivity index (χ4n) is 3.32. The number of phenolic OH excluding ortho intramolecular Hbond substituents is 1. The second kappa shape index (κ2) is 8.12. The van der Waals surface area contributed by atoms with Gasteiger partial charge in [-0.25, -0.2) is 0 Å². The number of likely N-dealkylation sites (tertiary alicyclic amines) is 1. The first kappa shape index (κ1) is 22.4. The van der Waals surface area contributed by atoms with Gasteiger partial charge in [-0.3, -0.25) is 9.59 Å². The molecular formula is C20H16F6N2O3. The molecule has 0 aliphatic carbocycles. The summed E-state index contributed by atoms with van der Waals surface area (Å²) in [5.74, 6) is -2.22. The third-order valence-corrected chi connectivity index (χ3v) is 4.80. The molecule has 1 aliphatic rings. The van der Waals surface area contributed by atoms with Crippen LogP contribution in [0.15, 0.2) is 42.5 Å². The number of amides is 2. The maximum atomic E-state index is 13.1. The topological polar surface area (TPSA) is 69.6 Å². The highest BCUT2D eigenvalue weighted by molar-refractivity contribution is 5.97. The summed E-state index contributed by atoms with van der Waals surface area (Å²) in [6.45, 7) is -0.466. The second-order valence-corrected chi connectivity index (χ2v) is 7.03. The van der Waals surface area contributed by atoms with Crippen molar-refractivity contribution in [3.8, 4) is 5.75 Å². The number of halogens is 6. The highest BCUT2D eigenvalue weighted by Crippen LogP contribution is 2.34. The first-order valence-corrected chi connectivity index (χ1v) is 9.00. The Labute approximate surface area is 172 Å². The summed E-state index contributed by atoms with van der Waals surface area (Å²) in [6.07, 6.45) is -9.57. The number of nitrogens with zero attached hydrogens (tertiary/aromatic N) is 1. The van der Waals surface area contributed by atoms with Crippen molar-refractivity contribution in [1.82, 2.24) is 10.2 Å². The highest BCUT2D eigenvalue weighted by atomic mass is 19.4. The van der Waals surface area contributed by atoms with Crippen molar-refractivity contribution < 1.29 is 41.0 Å². The first-order valence-electron chi connectivity index (χ1n) is 9.00. The van der Waals surface area contributed by atoms with Gasteiger partial charge in [0.2, 0.25) is 5.91 Å². The van der Waals surface area contributed by atoms with Crippen LogP contribution >= 0.6 is 0 Å². The SMILES string of the molecule is O=C(N[C@H]1CC(=O)N(Cc2ccccc2C(F)(F)F)C1)c1cc(C(F)(F)F)ccc1O. The molecule has 0 radical (unpaired) electrons. The van der Waals surface area contributed by atoms with Crippen LogP contribution in [0.4, 0.5) is 26.3 Å². The molecule has 2 N–H and O–H groups in total. The zero-order valence-corrected chi connectivity index (χ0v) is 15.7. The molecule has 0 saturated carbocycles. The molecule has 0 unspecified atom stereocenters. The molecule has 2 aromatic carbocycles. The quantitative estimate of drug-likeness (QED) is 0.699. The first-order chi connectivity index (χ1) is 14.4. The van der Waals surface area contributed by atoms with Gasteiger partial charge in [0.05, 0.1) is 22.7 Å². The predicted molar refractivity (Wildman–Crippen MR) is 95.8 cm³/mol. The van der Waals surface area contributed by atoms with Crippen LogP contribution in [0.3, 0.4) is 0 Å². The minimum atomic E-state index is -4.73. The standard InChI is InChI=1S/C20H16F6N2O3/c21-19(22,23)12-5-6-16(29)14(7-12)18(31)27-13-8-17(30)28(10-13)9-11-3-1-2-4-15(11)20(24,25)26/h1-7,13,29H,8-10H2,(H,27,31)/t13-/m0/s1. The summed E-state index contributed by atoms with van der Waals surface area (Å²) in [7, 11) is 0. The summed E-state index contributed by atoms with van der Waals surface area (Å²) < 4.78 is 78.0. The number of hydrogen-bond donors (Lipinski definition) is 2. The lowest BCUT2D eigenvalue weighted by Crippen LogP contribution is -2.37. The van der Waals surface area contributed by atoms with Crippen molar-refractivity contribution in [3.05, 3.63) is 64.7 Å². The lowest BCUT2D eigenvalue weighted by molar-refractivity contribution is -0.139. The fourth-order valence-corrected chi connectivity index (χ4v) is 3.32. The Morgan fingerprint density at radius 3 is 2.39 bits per heavy atom. The van der Waals surface area contributed by atoms with Gasteiger partial charge < -0.3 is 15.3 Å².